The second-order valence-corrected chi connectivity index (χ2v) is 7.33. The van der Waals surface area contributed by atoms with E-state index in [9.17, 15) is 17.6 Å². The predicted molar refractivity (Wildman–Crippen MR) is 99.1 cm³/mol. The molecule has 0 spiro atoms. The first-order chi connectivity index (χ1) is 12.9. The van der Waals surface area contributed by atoms with Gasteiger partial charge in [-0.1, -0.05) is 50.9 Å². The maximum absolute atomic E-state index is 12.9. The first-order valence-electron chi connectivity index (χ1n) is 9.87. The molecule has 0 aromatic heterocycles. The molecule has 150 valence electrons. The topological polar surface area (TPSA) is 9.23 Å². The minimum atomic E-state index is -4.48. The highest BCUT2D eigenvalue weighted by molar-refractivity contribution is 5.38. The summed E-state index contributed by atoms with van der Waals surface area (Å²) in [5, 5.41) is 0. The lowest BCUT2D eigenvalue weighted by Gasteiger charge is -2.25. The Labute approximate surface area is 159 Å². The van der Waals surface area contributed by atoms with Crippen molar-refractivity contribution in [3.05, 3.63) is 29.8 Å². The molecule has 0 bridgehead atoms. The first kappa shape index (κ1) is 21.6. The minimum absolute atomic E-state index is 0.297. The number of unbranched alkanes of at least 4 members (excludes halogenated alkanes) is 3. The molecule has 0 atom stereocenters. The molecule has 1 nitrogen and oxygen atoms in total. The van der Waals surface area contributed by atoms with Gasteiger partial charge >= 0.3 is 12.5 Å². The Morgan fingerprint density at radius 3 is 2.30 bits per heavy atom. The fraction of sp³-hybridized carbons (Fsp3) is 0.636. The van der Waals surface area contributed by atoms with E-state index in [2.05, 4.69) is 23.5 Å². The summed E-state index contributed by atoms with van der Waals surface area (Å²) in [5.41, 5.74) is 0.671. The Hall–Kier alpha value is -1.70. The van der Waals surface area contributed by atoms with Crippen molar-refractivity contribution < 1.29 is 22.3 Å². The Bertz CT molecular complexity index is 607. The molecule has 0 heterocycles. The van der Waals surface area contributed by atoms with Gasteiger partial charge in [-0.25, -0.2) is 0 Å². The van der Waals surface area contributed by atoms with Crippen LogP contribution in [0.1, 0.15) is 70.3 Å². The molecule has 0 N–H and O–H groups in total. The van der Waals surface area contributed by atoms with E-state index < -0.39 is 12.5 Å². The van der Waals surface area contributed by atoms with Gasteiger partial charge in [0.05, 0.1) is 0 Å². The lowest BCUT2D eigenvalue weighted by Crippen LogP contribution is -2.33. The van der Waals surface area contributed by atoms with E-state index in [4.69, 9.17) is 0 Å². The van der Waals surface area contributed by atoms with Crippen molar-refractivity contribution in [1.82, 2.24) is 0 Å². The smallest absolute Gasteiger partial charge is 0.428 e. The van der Waals surface area contributed by atoms with Crippen LogP contribution in [-0.2, 0) is 0 Å². The number of hydrogen-bond acceptors (Lipinski definition) is 1. The monoisotopic (exact) mass is 384 g/mol. The molecule has 1 aromatic carbocycles. The summed E-state index contributed by atoms with van der Waals surface area (Å²) in [5.74, 6) is 7.22. The highest BCUT2D eigenvalue weighted by atomic mass is 19.3. The zero-order valence-electron chi connectivity index (χ0n) is 15.8. The molecule has 27 heavy (non-hydrogen) atoms. The van der Waals surface area contributed by atoms with Crippen LogP contribution in [0.2, 0.25) is 0 Å². The van der Waals surface area contributed by atoms with Crippen molar-refractivity contribution in [2.75, 3.05) is 0 Å². The lowest BCUT2D eigenvalue weighted by atomic mass is 9.80. The molecule has 0 radical (unpaired) electrons. The molecular formula is C22H28F4O. The van der Waals surface area contributed by atoms with Crippen molar-refractivity contribution in [3.8, 4) is 17.6 Å². The molecule has 0 amide bonds. The van der Waals surface area contributed by atoms with Gasteiger partial charge in [0.1, 0.15) is 5.75 Å². The van der Waals surface area contributed by atoms with Gasteiger partial charge in [0.2, 0.25) is 0 Å². The van der Waals surface area contributed by atoms with Gasteiger partial charge in [-0.05, 0) is 55.9 Å². The quantitative estimate of drug-likeness (QED) is 0.265. The number of hydrogen-bond donors (Lipinski definition) is 0. The molecule has 1 saturated carbocycles. The molecule has 1 aliphatic carbocycles. The first-order valence-corrected chi connectivity index (χ1v) is 9.87. The van der Waals surface area contributed by atoms with E-state index in [0.717, 1.165) is 18.8 Å². The van der Waals surface area contributed by atoms with E-state index >= 15 is 0 Å². The van der Waals surface area contributed by atoms with Gasteiger partial charge in [0.25, 0.3) is 0 Å². The average Bonchev–Trinajstić information content (AvgIpc) is 2.65. The van der Waals surface area contributed by atoms with Crippen LogP contribution in [-0.4, -0.2) is 12.5 Å². The van der Waals surface area contributed by atoms with Crippen molar-refractivity contribution in [2.24, 2.45) is 11.8 Å². The molecule has 0 unspecified atom stereocenters. The maximum Gasteiger partial charge on any atom is 0.461 e. The summed E-state index contributed by atoms with van der Waals surface area (Å²) < 4.78 is 54.1. The van der Waals surface area contributed by atoms with Gasteiger partial charge in [0, 0.05) is 11.5 Å². The van der Waals surface area contributed by atoms with Crippen LogP contribution in [0.15, 0.2) is 24.3 Å². The number of halogens is 4. The van der Waals surface area contributed by atoms with Crippen LogP contribution in [0.25, 0.3) is 0 Å². The van der Waals surface area contributed by atoms with E-state index in [-0.39, 0.29) is 5.75 Å². The summed E-state index contributed by atoms with van der Waals surface area (Å²) in [6.45, 7) is 2.23. The van der Waals surface area contributed by atoms with E-state index in [1.165, 1.54) is 69.2 Å². The molecule has 1 aliphatic rings. The normalized spacial score (nSPS) is 20.2. The van der Waals surface area contributed by atoms with Crippen molar-refractivity contribution in [1.29, 1.82) is 0 Å². The third kappa shape index (κ3) is 7.44. The Morgan fingerprint density at radius 2 is 1.70 bits per heavy atom. The zero-order chi connectivity index (χ0) is 19.7. The summed E-state index contributed by atoms with van der Waals surface area (Å²) in [7, 11) is 0. The predicted octanol–water partition coefficient (Wildman–Crippen LogP) is 7.05. The number of rotatable bonds is 8. The summed E-state index contributed by atoms with van der Waals surface area (Å²) in [6.07, 6.45) is 2.88. The summed E-state index contributed by atoms with van der Waals surface area (Å²) >= 11 is 0. The minimum Gasteiger partial charge on any atom is -0.428 e. The van der Waals surface area contributed by atoms with Crippen LogP contribution >= 0.6 is 0 Å². The highest BCUT2D eigenvalue weighted by Gasteiger charge is 2.43. The van der Waals surface area contributed by atoms with Crippen LogP contribution in [0.4, 0.5) is 17.6 Å². The molecule has 1 fully saturated rings. The van der Waals surface area contributed by atoms with Gasteiger partial charge in [-0.3, -0.25) is 0 Å². The molecule has 1 aromatic rings. The van der Waals surface area contributed by atoms with Gasteiger partial charge in [0.15, 0.2) is 0 Å². The van der Waals surface area contributed by atoms with Crippen LogP contribution in [0, 0.1) is 23.7 Å². The molecule has 0 aliphatic heterocycles. The molecular weight excluding hydrogens is 356 g/mol. The van der Waals surface area contributed by atoms with E-state index in [0.29, 0.717) is 11.5 Å². The van der Waals surface area contributed by atoms with Crippen LogP contribution in [0.3, 0.4) is 0 Å². The lowest BCUT2D eigenvalue weighted by molar-refractivity contribution is -0.253. The molecule has 5 heteroatoms. The third-order valence-corrected chi connectivity index (χ3v) is 5.10. The Kier molecular flexibility index (Phi) is 8.47. The Balaban J connectivity index is 1.78. The molecule has 2 rings (SSSR count). The third-order valence-electron chi connectivity index (χ3n) is 5.10. The summed E-state index contributed by atoms with van der Waals surface area (Å²) in [6, 6.07) is 5.52. The van der Waals surface area contributed by atoms with Crippen molar-refractivity contribution in [3.63, 3.8) is 0 Å². The fourth-order valence-corrected chi connectivity index (χ4v) is 3.45. The summed E-state index contributed by atoms with van der Waals surface area (Å²) in [4.78, 5) is 0. The average molecular weight is 384 g/mol. The van der Waals surface area contributed by atoms with Crippen LogP contribution < -0.4 is 4.74 Å². The standard InChI is InChI=1S/C22H28F4O/c1-2-3-4-5-6-17-7-9-18(10-8-17)11-12-19-13-15-20(16-14-19)27-22(25,26)21(23)24/h13-18,21H,2-10H2,1H3. The van der Waals surface area contributed by atoms with E-state index in [1.807, 2.05) is 0 Å². The SMILES string of the molecule is CCCCCCC1CCC(C#Cc2ccc(OC(F)(F)C(F)F)cc2)CC1. The Morgan fingerprint density at radius 1 is 1.04 bits per heavy atom. The molecule has 0 saturated heterocycles. The zero-order valence-corrected chi connectivity index (χ0v) is 15.8. The van der Waals surface area contributed by atoms with E-state index in [1.54, 1.807) is 0 Å². The largest absolute Gasteiger partial charge is 0.461 e. The van der Waals surface area contributed by atoms with Gasteiger partial charge < -0.3 is 4.74 Å². The second-order valence-electron chi connectivity index (χ2n) is 7.33. The fourth-order valence-electron chi connectivity index (χ4n) is 3.45. The van der Waals surface area contributed by atoms with Crippen LogP contribution in [0.5, 0.6) is 5.75 Å². The van der Waals surface area contributed by atoms with Gasteiger partial charge in [-0.15, -0.1) is 0 Å². The van der Waals surface area contributed by atoms with Gasteiger partial charge in [-0.2, -0.15) is 17.6 Å². The number of benzene rings is 1. The second kappa shape index (κ2) is 10.6. The van der Waals surface area contributed by atoms with Crippen molar-refractivity contribution in [2.45, 2.75) is 77.2 Å². The highest BCUT2D eigenvalue weighted by Crippen LogP contribution is 2.32. The van der Waals surface area contributed by atoms with Crippen molar-refractivity contribution >= 4 is 0 Å². The number of ether oxygens (including phenoxy) is 1. The number of alkyl halides is 4. The maximum atomic E-state index is 12.9.